The molecule has 0 fully saturated rings. The number of nitrogens with one attached hydrogen (secondary N) is 1. The Morgan fingerprint density at radius 3 is 2.52 bits per heavy atom. The number of ether oxygens (including phenoxy) is 1. The molecule has 3 rings (SSSR count). The predicted molar refractivity (Wildman–Crippen MR) is 91.0 cm³/mol. The molecule has 0 aliphatic heterocycles. The van der Waals surface area contributed by atoms with Gasteiger partial charge in [0.1, 0.15) is 11.5 Å². The molecule has 0 aliphatic rings. The lowest BCUT2D eigenvalue weighted by atomic mass is 10.2. The summed E-state index contributed by atoms with van der Waals surface area (Å²) in [5.41, 5.74) is 4.92. The molecular formula is C19H22N2O2. The summed E-state index contributed by atoms with van der Waals surface area (Å²) in [6.07, 6.45) is 1.70. The minimum Gasteiger partial charge on any atom is -0.497 e. The highest BCUT2D eigenvalue weighted by Gasteiger charge is 2.10. The van der Waals surface area contributed by atoms with Crippen LogP contribution in [-0.4, -0.2) is 11.7 Å². The number of hydrogen-bond donors (Lipinski definition) is 1. The van der Waals surface area contributed by atoms with E-state index in [-0.39, 0.29) is 0 Å². The van der Waals surface area contributed by atoms with E-state index in [1.165, 1.54) is 17.0 Å². The van der Waals surface area contributed by atoms with Gasteiger partial charge in [-0.2, -0.15) is 0 Å². The van der Waals surface area contributed by atoms with Crippen LogP contribution in [0.4, 0.5) is 0 Å². The number of methoxy groups -OCH3 is 1. The third-order valence-electron chi connectivity index (χ3n) is 4.06. The molecule has 0 amide bonds. The molecule has 2 heterocycles. The van der Waals surface area contributed by atoms with Crippen molar-refractivity contribution in [2.45, 2.75) is 26.9 Å². The molecule has 0 bridgehead atoms. The molecule has 1 N–H and O–H groups in total. The Morgan fingerprint density at radius 1 is 1.09 bits per heavy atom. The van der Waals surface area contributed by atoms with Gasteiger partial charge in [0.25, 0.3) is 0 Å². The van der Waals surface area contributed by atoms with Crippen LogP contribution in [0.3, 0.4) is 0 Å². The molecule has 2 aromatic heterocycles. The summed E-state index contributed by atoms with van der Waals surface area (Å²) in [5, 5.41) is 3.43. The third kappa shape index (κ3) is 3.32. The molecule has 4 nitrogen and oxygen atoms in total. The van der Waals surface area contributed by atoms with Crippen LogP contribution in [-0.2, 0) is 13.1 Å². The third-order valence-corrected chi connectivity index (χ3v) is 4.06. The van der Waals surface area contributed by atoms with Crippen molar-refractivity contribution in [1.82, 2.24) is 9.88 Å². The minimum atomic E-state index is 0.735. The SMILES string of the molecule is COc1ccc(-n2c(C)cc(CNCc3ccco3)c2C)cc1. The van der Waals surface area contributed by atoms with Crippen molar-refractivity contribution < 1.29 is 9.15 Å². The molecule has 4 heteroatoms. The van der Waals surface area contributed by atoms with Crippen molar-refractivity contribution in [1.29, 1.82) is 0 Å². The molecule has 0 spiro atoms. The number of rotatable bonds is 6. The summed E-state index contributed by atoms with van der Waals surface area (Å²) >= 11 is 0. The standard InChI is InChI=1S/C19H22N2O2/c1-14-11-16(12-20-13-19-5-4-10-23-19)15(2)21(14)17-6-8-18(22-3)9-7-17/h4-11,20H,12-13H2,1-3H3. The fraction of sp³-hybridized carbons (Fsp3) is 0.263. The Labute approximate surface area is 136 Å². The first-order valence-electron chi connectivity index (χ1n) is 7.74. The van der Waals surface area contributed by atoms with Gasteiger partial charge in [-0.3, -0.25) is 0 Å². The van der Waals surface area contributed by atoms with Gasteiger partial charge in [0.15, 0.2) is 0 Å². The minimum absolute atomic E-state index is 0.735. The predicted octanol–water partition coefficient (Wildman–Crippen LogP) is 3.99. The summed E-state index contributed by atoms with van der Waals surface area (Å²) in [4.78, 5) is 0. The van der Waals surface area contributed by atoms with Gasteiger partial charge >= 0.3 is 0 Å². The van der Waals surface area contributed by atoms with Gasteiger partial charge < -0.3 is 19.0 Å². The van der Waals surface area contributed by atoms with Crippen LogP contribution >= 0.6 is 0 Å². The lowest BCUT2D eigenvalue weighted by Crippen LogP contribution is -2.12. The summed E-state index contributed by atoms with van der Waals surface area (Å²) in [7, 11) is 1.68. The Morgan fingerprint density at radius 2 is 1.87 bits per heavy atom. The average Bonchev–Trinajstić information content (AvgIpc) is 3.17. The van der Waals surface area contributed by atoms with Gasteiger partial charge in [-0.25, -0.2) is 0 Å². The summed E-state index contributed by atoms with van der Waals surface area (Å²) in [6.45, 7) is 5.84. The van der Waals surface area contributed by atoms with E-state index in [0.29, 0.717) is 0 Å². The van der Waals surface area contributed by atoms with E-state index in [9.17, 15) is 0 Å². The Bertz CT molecular complexity index is 756. The van der Waals surface area contributed by atoms with E-state index < -0.39 is 0 Å². The maximum absolute atomic E-state index is 5.34. The topological polar surface area (TPSA) is 39.3 Å². The first kappa shape index (κ1) is 15.4. The fourth-order valence-corrected chi connectivity index (χ4v) is 2.87. The van der Waals surface area contributed by atoms with Crippen LogP contribution in [0.5, 0.6) is 5.75 Å². The quantitative estimate of drug-likeness (QED) is 0.748. The largest absolute Gasteiger partial charge is 0.497 e. The molecule has 120 valence electrons. The van der Waals surface area contributed by atoms with E-state index in [1.807, 2.05) is 24.3 Å². The number of aryl methyl sites for hydroxylation is 1. The van der Waals surface area contributed by atoms with Gasteiger partial charge in [0, 0.05) is 23.6 Å². The van der Waals surface area contributed by atoms with Crippen molar-refractivity contribution in [3.05, 3.63) is 71.4 Å². The highest BCUT2D eigenvalue weighted by atomic mass is 16.5. The first-order chi connectivity index (χ1) is 11.2. The first-order valence-corrected chi connectivity index (χ1v) is 7.74. The second kappa shape index (κ2) is 6.75. The lowest BCUT2D eigenvalue weighted by Gasteiger charge is -2.11. The van der Waals surface area contributed by atoms with Crippen molar-refractivity contribution >= 4 is 0 Å². The van der Waals surface area contributed by atoms with Gasteiger partial charge in [-0.05, 0) is 61.9 Å². The maximum atomic E-state index is 5.34. The number of aromatic nitrogens is 1. The molecule has 3 aromatic rings. The summed E-state index contributed by atoms with van der Waals surface area (Å²) < 4.78 is 12.8. The molecule has 1 aromatic carbocycles. The van der Waals surface area contributed by atoms with E-state index in [0.717, 1.165) is 30.3 Å². The average molecular weight is 310 g/mol. The Hall–Kier alpha value is -2.46. The Balaban J connectivity index is 1.75. The zero-order valence-electron chi connectivity index (χ0n) is 13.8. The van der Waals surface area contributed by atoms with Crippen molar-refractivity contribution in [3.63, 3.8) is 0 Å². The Kier molecular flexibility index (Phi) is 4.53. The summed E-state index contributed by atoms with van der Waals surface area (Å²) in [5.74, 6) is 1.82. The number of benzene rings is 1. The number of hydrogen-bond acceptors (Lipinski definition) is 3. The van der Waals surface area contributed by atoms with Crippen LogP contribution in [0.2, 0.25) is 0 Å². The highest BCUT2D eigenvalue weighted by molar-refractivity contribution is 5.43. The van der Waals surface area contributed by atoms with Crippen molar-refractivity contribution in [2.75, 3.05) is 7.11 Å². The number of furan rings is 1. The highest BCUT2D eigenvalue weighted by Crippen LogP contribution is 2.22. The second-order valence-corrected chi connectivity index (χ2v) is 5.61. The van der Waals surface area contributed by atoms with Gasteiger partial charge in [-0.1, -0.05) is 0 Å². The zero-order chi connectivity index (χ0) is 16.2. The molecule has 23 heavy (non-hydrogen) atoms. The second-order valence-electron chi connectivity index (χ2n) is 5.61. The lowest BCUT2D eigenvalue weighted by molar-refractivity contribution is 0.414. The monoisotopic (exact) mass is 310 g/mol. The van der Waals surface area contributed by atoms with E-state index in [1.54, 1.807) is 13.4 Å². The maximum Gasteiger partial charge on any atom is 0.119 e. The number of nitrogens with zero attached hydrogens (tertiary/aromatic N) is 1. The zero-order valence-corrected chi connectivity index (χ0v) is 13.8. The van der Waals surface area contributed by atoms with Crippen molar-refractivity contribution in [2.24, 2.45) is 0 Å². The molecule has 0 saturated carbocycles. The van der Waals surface area contributed by atoms with Crippen molar-refractivity contribution in [3.8, 4) is 11.4 Å². The molecular weight excluding hydrogens is 288 g/mol. The van der Waals surface area contributed by atoms with Crippen LogP contribution in [0.25, 0.3) is 5.69 Å². The molecule has 0 saturated heterocycles. The van der Waals surface area contributed by atoms with Gasteiger partial charge in [0.05, 0.1) is 19.9 Å². The smallest absolute Gasteiger partial charge is 0.119 e. The molecule has 0 atom stereocenters. The van der Waals surface area contributed by atoms with Crippen LogP contribution in [0, 0.1) is 13.8 Å². The molecule has 0 unspecified atom stereocenters. The summed E-state index contributed by atoms with van der Waals surface area (Å²) in [6, 6.07) is 14.3. The van der Waals surface area contributed by atoms with Gasteiger partial charge in [-0.15, -0.1) is 0 Å². The van der Waals surface area contributed by atoms with Crippen LogP contribution in [0.15, 0.2) is 53.1 Å². The van der Waals surface area contributed by atoms with Gasteiger partial charge in [0.2, 0.25) is 0 Å². The molecule has 0 aliphatic carbocycles. The fourth-order valence-electron chi connectivity index (χ4n) is 2.87. The van der Waals surface area contributed by atoms with E-state index in [2.05, 4.69) is 41.9 Å². The van der Waals surface area contributed by atoms with Crippen LogP contribution < -0.4 is 10.1 Å². The molecule has 0 radical (unpaired) electrons. The van der Waals surface area contributed by atoms with Crippen LogP contribution in [0.1, 0.15) is 22.7 Å². The van der Waals surface area contributed by atoms with E-state index >= 15 is 0 Å². The normalized spacial score (nSPS) is 10.9. The van der Waals surface area contributed by atoms with E-state index in [4.69, 9.17) is 9.15 Å².